The number of aryl methyl sites for hydroxylation is 2. The lowest BCUT2D eigenvalue weighted by atomic mass is 10.1. The first-order valence-corrected chi connectivity index (χ1v) is 10.0. The predicted molar refractivity (Wildman–Crippen MR) is 115 cm³/mol. The largest absolute Gasteiger partial charge is 0.378 e. The predicted octanol–water partition coefficient (Wildman–Crippen LogP) is 2.70. The second-order valence-corrected chi connectivity index (χ2v) is 7.35. The molecule has 0 unspecified atom stereocenters. The van der Waals surface area contributed by atoms with E-state index in [2.05, 4.69) is 20.2 Å². The molecule has 0 bridgehead atoms. The minimum absolute atomic E-state index is 0.0631. The normalized spacial score (nSPS) is 14.0. The Morgan fingerprint density at radius 1 is 0.933 bits per heavy atom. The average molecular weight is 404 g/mol. The molecule has 1 aromatic heterocycles. The number of ether oxygens (including phenoxy) is 1. The van der Waals surface area contributed by atoms with Crippen molar-refractivity contribution in [1.82, 2.24) is 15.3 Å². The SMILES string of the molecule is Cc1nc2ccc(C(=O)NCC(=O)c3ccc(N4CCOCC4)cc3)cc2nc1C. The molecule has 7 heteroatoms. The van der Waals surface area contributed by atoms with E-state index >= 15 is 0 Å². The van der Waals surface area contributed by atoms with Gasteiger partial charge < -0.3 is 15.0 Å². The van der Waals surface area contributed by atoms with Crippen molar-refractivity contribution >= 4 is 28.4 Å². The lowest BCUT2D eigenvalue weighted by molar-refractivity contribution is 0.0904. The number of carbonyl (C=O) groups excluding carboxylic acids is 2. The molecule has 1 aliphatic heterocycles. The molecule has 7 nitrogen and oxygen atoms in total. The Morgan fingerprint density at radius 2 is 1.57 bits per heavy atom. The van der Waals surface area contributed by atoms with E-state index in [4.69, 9.17) is 4.74 Å². The molecule has 2 heterocycles. The number of aromatic nitrogens is 2. The molecule has 0 saturated carbocycles. The molecule has 0 atom stereocenters. The monoisotopic (exact) mass is 404 g/mol. The number of morpholine rings is 1. The van der Waals surface area contributed by atoms with E-state index in [1.165, 1.54) is 0 Å². The van der Waals surface area contributed by atoms with Gasteiger partial charge in [-0.3, -0.25) is 9.59 Å². The van der Waals surface area contributed by atoms with Crippen molar-refractivity contribution in [3.05, 3.63) is 65.0 Å². The highest BCUT2D eigenvalue weighted by molar-refractivity contribution is 6.03. The molecule has 0 radical (unpaired) electrons. The number of hydrogen-bond donors (Lipinski definition) is 1. The van der Waals surface area contributed by atoms with Gasteiger partial charge in [-0.25, -0.2) is 9.97 Å². The maximum Gasteiger partial charge on any atom is 0.251 e. The highest BCUT2D eigenvalue weighted by atomic mass is 16.5. The third-order valence-corrected chi connectivity index (χ3v) is 5.31. The molecule has 0 aliphatic carbocycles. The smallest absolute Gasteiger partial charge is 0.251 e. The molecule has 3 aromatic rings. The molecule has 154 valence electrons. The number of hydrogen-bond acceptors (Lipinski definition) is 6. The van der Waals surface area contributed by atoms with E-state index < -0.39 is 0 Å². The zero-order valence-electron chi connectivity index (χ0n) is 17.1. The molecule has 1 aliphatic rings. The van der Waals surface area contributed by atoms with Crippen molar-refractivity contribution in [2.75, 3.05) is 37.7 Å². The van der Waals surface area contributed by atoms with Crippen LogP contribution in [0, 0.1) is 13.8 Å². The van der Waals surface area contributed by atoms with Crippen LogP contribution >= 0.6 is 0 Å². The van der Waals surface area contributed by atoms with Crippen molar-refractivity contribution < 1.29 is 14.3 Å². The summed E-state index contributed by atoms with van der Waals surface area (Å²) in [5.41, 5.74) is 5.20. The van der Waals surface area contributed by atoms with Gasteiger partial charge in [0.15, 0.2) is 5.78 Å². The maximum absolute atomic E-state index is 12.5. The third kappa shape index (κ3) is 4.31. The molecular formula is C23H24N4O3. The first-order valence-electron chi connectivity index (χ1n) is 10.0. The summed E-state index contributed by atoms with van der Waals surface area (Å²) in [6.45, 7) is 6.85. The van der Waals surface area contributed by atoms with Crippen molar-refractivity contribution in [3.8, 4) is 0 Å². The zero-order chi connectivity index (χ0) is 21.1. The Kier molecular flexibility index (Phi) is 5.72. The number of amides is 1. The molecule has 4 rings (SSSR count). The lowest BCUT2D eigenvalue weighted by Gasteiger charge is -2.28. The van der Waals surface area contributed by atoms with Crippen molar-refractivity contribution in [1.29, 1.82) is 0 Å². The number of fused-ring (bicyclic) bond motifs is 1. The molecule has 2 aromatic carbocycles. The summed E-state index contributed by atoms with van der Waals surface area (Å²) in [6.07, 6.45) is 0. The first kappa shape index (κ1) is 20.0. The van der Waals surface area contributed by atoms with E-state index in [1.807, 2.05) is 26.0 Å². The van der Waals surface area contributed by atoms with Crippen LogP contribution in [0.1, 0.15) is 32.1 Å². The van der Waals surface area contributed by atoms with Gasteiger partial charge in [-0.1, -0.05) is 0 Å². The Bertz CT molecular complexity index is 1090. The number of ketones is 1. The van der Waals surface area contributed by atoms with Gasteiger partial charge in [0.1, 0.15) is 0 Å². The topological polar surface area (TPSA) is 84.4 Å². The molecular weight excluding hydrogens is 380 g/mol. The van der Waals surface area contributed by atoms with Crippen LogP contribution in [0.15, 0.2) is 42.5 Å². The Hall–Kier alpha value is -3.32. The number of benzene rings is 2. The molecule has 1 fully saturated rings. The zero-order valence-corrected chi connectivity index (χ0v) is 17.1. The summed E-state index contributed by atoms with van der Waals surface area (Å²) < 4.78 is 5.37. The summed E-state index contributed by atoms with van der Waals surface area (Å²) >= 11 is 0. The summed E-state index contributed by atoms with van der Waals surface area (Å²) in [6, 6.07) is 12.6. The van der Waals surface area contributed by atoms with Crippen molar-refractivity contribution in [2.45, 2.75) is 13.8 Å². The number of Topliss-reactive ketones (excluding diaryl/α,β-unsaturated/α-hetero) is 1. The van der Waals surface area contributed by atoms with E-state index in [1.54, 1.807) is 30.3 Å². The minimum atomic E-state index is -0.310. The van der Waals surface area contributed by atoms with Gasteiger partial charge >= 0.3 is 0 Å². The molecule has 1 saturated heterocycles. The van der Waals surface area contributed by atoms with E-state index in [-0.39, 0.29) is 18.2 Å². The van der Waals surface area contributed by atoms with E-state index in [9.17, 15) is 9.59 Å². The third-order valence-electron chi connectivity index (χ3n) is 5.31. The fourth-order valence-corrected chi connectivity index (χ4v) is 3.42. The van der Waals surface area contributed by atoms with Gasteiger partial charge in [-0.05, 0) is 56.3 Å². The summed E-state index contributed by atoms with van der Waals surface area (Å²) in [4.78, 5) is 36.2. The molecule has 1 amide bonds. The highest BCUT2D eigenvalue weighted by Crippen LogP contribution is 2.17. The van der Waals surface area contributed by atoms with Gasteiger partial charge in [-0.15, -0.1) is 0 Å². The minimum Gasteiger partial charge on any atom is -0.378 e. The van der Waals surface area contributed by atoms with Crippen LogP contribution in [0.4, 0.5) is 5.69 Å². The van der Waals surface area contributed by atoms with Crippen LogP contribution in [-0.4, -0.2) is 54.5 Å². The van der Waals surface area contributed by atoms with Gasteiger partial charge in [0, 0.05) is 29.9 Å². The quantitative estimate of drug-likeness (QED) is 0.658. The van der Waals surface area contributed by atoms with Gasteiger partial charge in [-0.2, -0.15) is 0 Å². The van der Waals surface area contributed by atoms with Crippen molar-refractivity contribution in [3.63, 3.8) is 0 Å². The summed E-state index contributed by atoms with van der Waals surface area (Å²) in [5, 5.41) is 2.70. The van der Waals surface area contributed by atoms with Crippen LogP contribution in [0.3, 0.4) is 0 Å². The number of rotatable bonds is 5. The first-order chi connectivity index (χ1) is 14.5. The van der Waals surface area contributed by atoms with Gasteiger partial charge in [0.2, 0.25) is 0 Å². The summed E-state index contributed by atoms with van der Waals surface area (Å²) in [5.74, 6) is -0.445. The number of nitrogens with zero attached hydrogens (tertiary/aromatic N) is 3. The Balaban J connectivity index is 1.39. The number of anilines is 1. The van der Waals surface area contributed by atoms with Crippen LogP contribution in [0.25, 0.3) is 11.0 Å². The number of nitrogens with one attached hydrogen (secondary N) is 1. The van der Waals surface area contributed by atoms with Crippen LogP contribution in [0.5, 0.6) is 0 Å². The number of carbonyl (C=O) groups is 2. The standard InChI is InChI=1S/C23H24N4O3/c1-15-16(2)26-21-13-18(5-8-20(21)25-15)23(29)24-14-22(28)17-3-6-19(7-4-17)27-9-11-30-12-10-27/h3-8,13H,9-12,14H2,1-2H3,(H,24,29). The lowest BCUT2D eigenvalue weighted by Crippen LogP contribution is -2.36. The van der Waals surface area contributed by atoms with Crippen LogP contribution < -0.4 is 10.2 Å². The average Bonchev–Trinajstić information content (AvgIpc) is 2.78. The van der Waals surface area contributed by atoms with Crippen molar-refractivity contribution in [2.24, 2.45) is 0 Å². The maximum atomic E-state index is 12.5. The van der Waals surface area contributed by atoms with Gasteiger partial charge in [0.25, 0.3) is 5.91 Å². The van der Waals surface area contributed by atoms with Crippen LogP contribution in [-0.2, 0) is 4.74 Å². The second-order valence-electron chi connectivity index (χ2n) is 7.35. The molecule has 30 heavy (non-hydrogen) atoms. The van der Waals surface area contributed by atoms with E-state index in [0.717, 1.165) is 35.7 Å². The molecule has 1 N–H and O–H groups in total. The van der Waals surface area contributed by atoms with Gasteiger partial charge in [0.05, 0.1) is 42.2 Å². The Labute approximate surface area is 175 Å². The van der Waals surface area contributed by atoms with Crippen LogP contribution in [0.2, 0.25) is 0 Å². The summed E-state index contributed by atoms with van der Waals surface area (Å²) in [7, 11) is 0. The van der Waals surface area contributed by atoms with E-state index in [0.29, 0.717) is 29.9 Å². The fourth-order valence-electron chi connectivity index (χ4n) is 3.42. The second kappa shape index (κ2) is 8.59. The fraction of sp³-hybridized carbons (Fsp3) is 0.304. The molecule has 0 spiro atoms. The Morgan fingerprint density at radius 3 is 2.27 bits per heavy atom. The highest BCUT2D eigenvalue weighted by Gasteiger charge is 2.14.